The van der Waals surface area contributed by atoms with Crippen LogP contribution in [0.15, 0.2) is 171 Å². The summed E-state index contributed by atoms with van der Waals surface area (Å²) < 4.78 is 63.1. The third-order valence-corrected chi connectivity index (χ3v) is 19.1. The SMILES string of the molecule is CC.CC.CC#CC.CC(C)=O.CC1CCC(C)CC1.CC1CCC(C)CC1.CC=CC.CCC.CCOC.CCOC.CF.COC(C)(F)F.COC(C)=O.COCF.Cc1[c-]c(C)c(C)cc1.Cc1[c-]c(C)c(C)cc1.Cc1[c-]c(C)c(C)cc1.Cc1ccc2cc(C)ccc2c1.Cc1ccc2cc(C)ccc2c1.Cc1cnc(C)nc1.Cc1cnc(C)nc1.Cc1cnc(C)nc1.Cc1cnc(C)nc1.[Y].[Y].[Y]. The standard InChI is InChI=1S/2C12H12.3C9H11.2C8H16.4C6H8N2.C4H8.C4H6.C3H6F2O.C3H6O2.2C3H8O.C3H6O.C3H8.C2H5FO.2C2H6.CH3F.3Y/c2*1-9-3-5-12-8-10(2)4-6-11(12)7-9;3*1-7-4-5-8(2)9(3)6-7;2*1-7-3-5-8(2)6-4-7;4*1-5-3-7-6(2)8-4-5;2*1-3-4-2;1-3(4,5)6-2;1-3(4)5-2;2*1-3-4-2;1-3(2)4;1-3-2;1-4-2-3;3*1-2;;;/h2*3-8H,1-2H3;3*4-5H,1-3H3;2*7-8H,3-6H2,1-2H3;4*3-4H,1-2H3;3-4H,1-2H3;1-2H3;1-2H3;1-2H3;2*3H2,1-2H3;1-2H3;3H2,1-2H3;2H2,1H3;2*1-2H3;1H3;;;/q;;3*-1;;;;;;;;;;;;;;;;;;;;;. The molecular formula is C124H197F4N8O7Y3-3. The van der Waals surface area contributed by atoms with Gasteiger partial charge in [0, 0.05) is 203 Å². The molecule has 11 aromatic rings. The van der Waals surface area contributed by atoms with Gasteiger partial charge in [-0.2, -0.15) is 113 Å². The summed E-state index contributed by atoms with van der Waals surface area (Å²) in [7, 11) is 7.47. The molecule has 0 unspecified atom stereocenters. The molecule has 0 N–H and O–H groups in total. The van der Waals surface area contributed by atoms with Crippen LogP contribution in [0.2, 0.25) is 0 Å². The first kappa shape index (κ1) is 166. The smallest absolute Gasteiger partial charge is 0.352 e. The number of alkyl halides is 4. The Kier molecular flexibility index (Phi) is 131. The number of nitrogens with zero attached hydrogens (tertiary/aromatic N) is 8. The fraction of sp³-hybridized carbons (Fsp3) is 0.516. The van der Waals surface area contributed by atoms with E-state index >= 15 is 0 Å². The van der Waals surface area contributed by atoms with Crippen molar-refractivity contribution in [3.8, 4) is 11.8 Å². The van der Waals surface area contributed by atoms with Gasteiger partial charge in [-0.1, -0.05) is 297 Å². The van der Waals surface area contributed by atoms with Gasteiger partial charge < -0.3 is 28.5 Å². The molecular weight excluding hydrogens is 2060 g/mol. The van der Waals surface area contributed by atoms with Gasteiger partial charge in [-0.3, -0.25) is 9.18 Å². The molecule has 0 amide bonds. The maximum Gasteiger partial charge on any atom is 0.352 e. The number of carbonyl (C=O) groups excluding carboxylic acids is 2. The van der Waals surface area contributed by atoms with Crippen LogP contribution in [0.5, 0.6) is 0 Å². The Labute approximate surface area is 966 Å². The van der Waals surface area contributed by atoms with E-state index in [0.717, 1.165) is 89.5 Å². The second kappa shape index (κ2) is 115. The zero-order chi connectivity index (χ0) is 112. The number of allylic oxidation sites excluding steroid dienone is 2. The third-order valence-electron chi connectivity index (χ3n) is 19.1. The molecule has 15 nitrogen and oxygen atoms in total. The fourth-order valence-corrected chi connectivity index (χ4v) is 10.1. The zero-order valence-corrected chi connectivity index (χ0v) is 109. The van der Waals surface area contributed by atoms with Crippen LogP contribution in [-0.4, -0.2) is 121 Å². The van der Waals surface area contributed by atoms with Crippen LogP contribution >= 0.6 is 0 Å². The van der Waals surface area contributed by atoms with Gasteiger partial charge in [0.2, 0.25) is 0 Å². The Morgan fingerprint density at radius 1 is 0.363 bits per heavy atom. The minimum Gasteiger partial charge on any atom is -0.469 e. The van der Waals surface area contributed by atoms with Gasteiger partial charge >= 0.3 is 12.1 Å². The number of aromatic nitrogens is 8. The summed E-state index contributed by atoms with van der Waals surface area (Å²) >= 11 is 0. The van der Waals surface area contributed by atoms with Gasteiger partial charge in [-0.25, -0.2) is 44.3 Å². The van der Waals surface area contributed by atoms with Gasteiger partial charge in [0.05, 0.1) is 14.3 Å². The third kappa shape index (κ3) is 119. The second-order valence-electron chi connectivity index (χ2n) is 34.1. The molecule has 4 heterocycles. The predicted octanol–water partition coefficient (Wildman–Crippen LogP) is 34.7. The molecule has 146 heavy (non-hydrogen) atoms. The molecule has 2 saturated carbocycles. The average Bonchev–Trinajstić information content (AvgIpc) is 0.841. The van der Waals surface area contributed by atoms with Crippen molar-refractivity contribution in [2.45, 2.75) is 348 Å². The number of hydrogen-bond acceptors (Lipinski definition) is 15. The van der Waals surface area contributed by atoms with E-state index < -0.39 is 13.0 Å². The number of Topliss-reactive ketones (excluding diaryl/α,β-unsaturated/α-hetero) is 1. The summed E-state index contributed by atoms with van der Waals surface area (Å²) in [5, 5.41) is 5.34. The first-order valence-electron chi connectivity index (χ1n) is 50.0. The maximum absolute atomic E-state index is 11.2. The van der Waals surface area contributed by atoms with E-state index in [1.165, 1.54) is 187 Å². The van der Waals surface area contributed by atoms with Crippen LogP contribution < -0.4 is 0 Å². The largest absolute Gasteiger partial charge is 0.469 e. The number of benzene rings is 7. The molecule has 3 radical (unpaired) electrons. The van der Waals surface area contributed by atoms with Gasteiger partial charge in [0.25, 0.3) is 0 Å². The van der Waals surface area contributed by atoms with Gasteiger partial charge in [0.1, 0.15) is 29.1 Å². The molecule has 22 heteroatoms. The van der Waals surface area contributed by atoms with E-state index in [-0.39, 0.29) is 110 Å². The number of esters is 1. The summed E-state index contributed by atoms with van der Waals surface area (Å²) in [6.07, 6.45) is 28.5. The minimum atomic E-state index is -2.96. The number of halogens is 4. The van der Waals surface area contributed by atoms with Crippen LogP contribution in [0.3, 0.4) is 0 Å². The number of carbonyl (C=O) groups is 2. The predicted molar refractivity (Wildman–Crippen MR) is 610 cm³/mol. The fourth-order valence-electron chi connectivity index (χ4n) is 10.1. The molecule has 2 fully saturated rings. The van der Waals surface area contributed by atoms with Crippen LogP contribution in [0.25, 0.3) is 21.5 Å². The number of fused-ring (bicyclic) bond motifs is 2. The summed E-state index contributed by atoms with van der Waals surface area (Å²) in [5.74, 6) is 12.7. The normalized spacial score (nSPS) is 12.0. The van der Waals surface area contributed by atoms with Crippen molar-refractivity contribution >= 4 is 33.3 Å². The van der Waals surface area contributed by atoms with Crippen molar-refractivity contribution < 1.29 is 149 Å². The molecule has 4 aromatic heterocycles. The summed E-state index contributed by atoms with van der Waals surface area (Å²) in [5.41, 5.74) is 21.1. The van der Waals surface area contributed by atoms with Crippen LogP contribution in [0.4, 0.5) is 17.6 Å². The second-order valence-corrected chi connectivity index (χ2v) is 34.1. The van der Waals surface area contributed by atoms with Crippen LogP contribution in [0, 0.1) is 199 Å². The molecule has 815 valence electrons. The van der Waals surface area contributed by atoms with Gasteiger partial charge in [-0.05, 0) is 206 Å². The van der Waals surface area contributed by atoms with E-state index in [0.29, 0.717) is 14.1 Å². The quantitative estimate of drug-likeness (QED) is 0.0533. The number of rotatable bonds is 4. The van der Waals surface area contributed by atoms with Crippen molar-refractivity contribution in [1.29, 1.82) is 0 Å². The van der Waals surface area contributed by atoms with Gasteiger partial charge in [0.15, 0.2) is 6.86 Å². The summed E-state index contributed by atoms with van der Waals surface area (Å²) in [4.78, 5) is 50.8. The first-order chi connectivity index (χ1) is 67.4. The Bertz CT molecular complexity index is 4260. The molecule has 13 rings (SSSR count). The van der Waals surface area contributed by atoms with E-state index in [1.807, 2.05) is 186 Å². The molecule has 2 aliphatic carbocycles. The Morgan fingerprint density at radius 2 is 0.521 bits per heavy atom. The molecule has 0 aliphatic heterocycles. The zero-order valence-electron chi connectivity index (χ0n) is 100. The molecule has 0 bridgehead atoms. The Balaban J connectivity index is -0.000000117. The van der Waals surface area contributed by atoms with E-state index in [4.69, 9.17) is 0 Å². The number of ketones is 1. The summed E-state index contributed by atoms with van der Waals surface area (Å²) in [6, 6.07) is 48.5. The first-order valence-corrected chi connectivity index (χ1v) is 50.0. The van der Waals surface area contributed by atoms with Gasteiger partial charge in [-0.15, -0.1) is 11.8 Å². The van der Waals surface area contributed by atoms with Crippen molar-refractivity contribution in [3.63, 3.8) is 0 Å². The van der Waals surface area contributed by atoms with Crippen LogP contribution in [0.1, 0.15) is 314 Å². The molecule has 2 aliphatic rings. The number of ether oxygens (including phenoxy) is 5. The molecule has 0 spiro atoms. The average molecular weight is 2250 g/mol. The number of methoxy groups -OCH3 is 5. The Hall–Kier alpha value is -7.31. The molecule has 7 aromatic carbocycles. The Morgan fingerprint density at radius 3 is 0.616 bits per heavy atom. The number of aryl methyl sites for hydroxylation is 21. The molecule has 0 atom stereocenters. The molecule has 0 saturated heterocycles. The monoisotopic (exact) mass is 2250 g/mol. The van der Waals surface area contributed by atoms with Crippen molar-refractivity contribution in [3.05, 3.63) is 307 Å². The van der Waals surface area contributed by atoms with Crippen LogP contribution in [-0.2, 0) is 131 Å². The van der Waals surface area contributed by atoms with Crippen molar-refractivity contribution in [2.75, 3.05) is 62.8 Å². The number of hydrogen-bond donors (Lipinski definition) is 0. The topological polar surface area (TPSA) is 183 Å². The van der Waals surface area contributed by atoms with E-state index in [1.54, 1.807) is 14.2 Å². The van der Waals surface area contributed by atoms with E-state index in [9.17, 15) is 27.2 Å². The van der Waals surface area contributed by atoms with Crippen molar-refractivity contribution in [2.24, 2.45) is 23.7 Å². The summed E-state index contributed by atoms with van der Waals surface area (Å²) in [6.45, 7) is 82.0. The minimum absolute atomic E-state index is 0. The maximum atomic E-state index is 11.2. The van der Waals surface area contributed by atoms with E-state index in [2.05, 4.69) is 334 Å². The van der Waals surface area contributed by atoms with Crippen molar-refractivity contribution in [1.82, 2.24) is 39.9 Å².